The van der Waals surface area contributed by atoms with Crippen molar-refractivity contribution in [2.24, 2.45) is 29.6 Å². The average Bonchev–Trinajstić information content (AvgIpc) is 3.26. The molecule has 0 bridgehead atoms. The van der Waals surface area contributed by atoms with Crippen LogP contribution in [0.1, 0.15) is 68.7 Å². The normalized spacial score (nSPS) is 16.5. The fourth-order valence-electron chi connectivity index (χ4n) is 8.88. The van der Waals surface area contributed by atoms with Crippen molar-refractivity contribution in [3.8, 4) is 11.5 Å². The molecule has 0 saturated heterocycles. The fraction of sp³-hybridized carbons (Fsp3) is 0.455. The zero-order valence-corrected chi connectivity index (χ0v) is 44.6. The Morgan fingerprint density at radius 2 is 1.17 bits per heavy atom. The summed E-state index contributed by atoms with van der Waals surface area (Å²) in [5.74, 6) is 2.34. The maximum absolute atomic E-state index is 7.49. The Morgan fingerprint density at radius 3 is 1.62 bits per heavy atom. The van der Waals surface area contributed by atoms with Gasteiger partial charge in [0.1, 0.15) is 47.6 Å². The van der Waals surface area contributed by atoms with Crippen LogP contribution in [0.25, 0.3) is 0 Å². The van der Waals surface area contributed by atoms with E-state index in [0.29, 0.717) is 0 Å². The molecule has 0 radical (unpaired) electrons. The van der Waals surface area contributed by atoms with E-state index < -0.39 is 15.6 Å². The van der Waals surface area contributed by atoms with Crippen molar-refractivity contribution in [3.63, 3.8) is 0 Å². The lowest BCUT2D eigenvalue weighted by molar-refractivity contribution is -0.0981. The third-order valence-corrected chi connectivity index (χ3v) is 22.2. The van der Waals surface area contributed by atoms with Crippen molar-refractivity contribution in [2.45, 2.75) is 105 Å². The second kappa shape index (κ2) is 25.6. The molecule has 0 saturated carbocycles. The molecule has 0 aliphatic heterocycles. The van der Waals surface area contributed by atoms with Gasteiger partial charge in [0, 0.05) is 30.8 Å². The van der Waals surface area contributed by atoms with Gasteiger partial charge >= 0.3 is 0 Å². The second-order valence-corrected chi connectivity index (χ2v) is 27.3. The Hall–Kier alpha value is -3.04. The SMILES string of the molecule is C=C/C=C\[C@H](C)[C@@H](Oc1ccc(OC)cc1)[C@H](C)[C@H](O[Si](C)(C)C(C)(C)C)[C@@H](C)C/C(C)=C\[C@@H](C)[C@@H](OCOC)[C@H](C)C[P+](c1ccccc1)(c1ccccc1)c1ccccc1.[I-]. The largest absolute Gasteiger partial charge is 1.00 e. The van der Waals surface area contributed by atoms with Crippen molar-refractivity contribution < 1.29 is 47.4 Å². The highest BCUT2D eigenvalue weighted by atomic mass is 127. The molecule has 0 amide bonds. The molecule has 0 spiro atoms. The molecule has 344 valence electrons. The molecule has 0 aliphatic rings. The molecule has 4 aromatic rings. The summed E-state index contributed by atoms with van der Waals surface area (Å²) in [6.07, 6.45) is 10.1. The molecule has 8 atom stereocenters. The number of hydrogen-bond acceptors (Lipinski definition) is 5. The Bertz CT molecular complexity index is 1870. The summed E-state index contributed by atoms with van der Waals surface area (Å²) in [6.45, 7) is 29.8. The molecular formula is C55H78IO5PSi. The van der Waals surface area contributed by atoms with E-state index in [4.69, 9.17) is 23.4 Å². The Labute approximate surface area is 401 Å². The molecule has 4 rings (SSSR count). The zero-order chi connectivity index (χ0) is 45.5. The van der Waals surface area contributed by atoms with Gasteiger partial charge in [-0.1, -0.05) is 146 Å². The van der Waals surface area contributed by atoms with Crippen LogP contribution in [0.3, 0.4) is 0 Å². The van der Waals surface area contributed by atoms with Gasteiger partial charge in [-0.05, 0) is 98.1 Å². The van der Waals surface area contributed by atoms with E-state index in [-0.39, 0.29) is 83.7 Å². The van der Waals surface area contributed by atoms with Crippen LogP contribution in [-0.2, 0) is 13.9 Å². The molecule has 0 heterocycles. The number of hydrogen-bond donors (Lipinski definition) is 0. The maximum atomic E-state index is 7.49. The molecular weight excluding hydrogens is 927 g/mol. The predicted molar refractivity (Wildman–Crippen MR) is 270 cm³/mol. The van der Waals surface area contributed by atoms with Crippen LogP contribution in [-0.4, -0.2) is 53.8 Å². The van der Waals surface area contributed by atoms with E-state index >= 15 is 0 Å². The first kappa shape index (κ1) is 54.3. The minimum atomic E-state index is -2.20. The summed E-state index contributed by atoms with van der Waals surface area (Å²) in [6, 6.07) is 41.3. The lowest BCUT2D eigenvalue weighted by Crippen LogP contribution is -3.00. The molecule has 0 aromatic heterocycles. The summed E-state index contributed by atoms with van der Waals surface area (Å²) in [4.78, 5) is 0. The van der Waals surface area contributed by atoms with Crippen LogP contribution in [0.15, 0.2) is 152 Å². The first-order chi connectivity index (χ1) is 29.5. The lowest BCUT2D eigenvalue weighted by atomic mass is 9.81. The van der Waals surface area contributed by atoms with Gasteiger partial charge in [0.05, 0.1) is 25.5 Å². The van der Waals surface area contributed by atoms with Gasteiger partial charge in [0.25, 0.3) is 0 Å². The van der Waals surface area contributed by atoms with Gasteiger partial charge in [0.15, 0.2) is 8.32 Å². The van der Waals surface area contributed by atoms with Crippen molar-refractivity contribution in [2.75, 3.05) is 27.2 Å². The summed E-state index contributed by atoms with van der Waals surface area (Å²) in [5.41, 5.74) is 1.33. The zero-order valence-electron chi connectivity index (χ0n) is 40.6. The minimum Gasteiger partial charge on any atom is -1.00 e. The number of benzene rings is 4. The quantitative estimate of drug-likeness (QED) is 0.0175. The van der Waals surface area contributed by atoms with Crippen LogP contribution in [0.4, 0.5) is 0 Å². The van der Waals surface area contributed by atoms with E-state index in [1.165, 1.54) is 21.5 Å². The number of methoxy groups -OCH3 is 2. The molecule has 5 nitrogen and oxygen atoms in total. The number of halogens is 1. The van der Waals surface area contributed by atoms with Gasteiger partial charge in [-0.3, -0.25) is 0 Å². The van der Waals surface area contributed by atoms with Gasteiger partial charge < -0.3 is 47.4 Å². The van der Waals surface area contributed by atoms with Gasteiger partial charge in [-0.15, -0.1) is 0 Å². The Morgan fingerprint density at radius 1 is 0.683 bits per heavy atom. The Balaban J connectivity index is 0.0000106. The van der Waals surface area contributed by atoms with Crippen molar-refractivity contribution in [1.82, 2.24) is 0 Å². The lowest BCUT2D eigenvalue weighted by Gasteiger charge is -2.45. The molecule has 4 aromatic carbocycles. The molecule has 0 aliphatic carbocycles. The number of ether oxygens (including phenoxy) is 4. The predicted octanol–water partition coefficient (Wildman–Crippen LogP) is 10.1. The van der Waals surface area contributed by atoms with Crippen LogP contribution in [0.5, 0.6) is 11.5 Å². The number of rotatable bonds is 24. The minimum absolute atomic E-state index is 0. The van der Waals surface area contributed by atoms with Crippen LogP contribution < -0.4 is 49.4 Å². The van der Waals surface area contributed by atoms with Crippen molar-refractivity contribution in [3.05, 3.63) is 152 Å². The van der Waals surface area contributed by atoms with E-state index in [9.17, 15) is 0 Å². The van der Waals surface area contributed by atoms with E-state index in [0.717, 1.165) is 24.1 Å². The highest BCUT2D eigenvalue weighted by Crippen LogP contribution is 2.57. The van der Waals surface area contributed by atoms with Crippen LogP contribution in [0.2, 0.25) is 18.1 Å². The summed E-state index contributed by atoms with van der Waals surface area (Å²) in [7, 11) is -0.882. The van der Waals surface area contributed by atoms with Gasteiger partial charge in [-0.25, -0.2) is 0 Å². The van der Waals surface area contributed by atoms with E-state index in [2.05, 4.69) is 185 Å². The monoisotopic (exact) mass is 1000 g/mol. The van der Waals surface area contributed by atoms with Crippen molar-refractivity contribution >= 4 is 31.5 Å². The molecule has 8 heteroatoms. The fourth-order valence-corrected chi connectivity index (χ4v) is 15.0. The third-order valence-electron chi connectivity index (χ3n) is 13.0. The van der Waals surface area contributed by atoms with Gasteiger partial charge in [-0.2, -0.15) is 0 Å². The van der Waals surface area contributed by atoms with E-state index in [1.54, 1.807) is 14.2 Å². The van der Waals surface area contributed by atoms with Gasteiger partial charge in [0.2, 0.25) is 0 Å². The summed E-state index contributed by atoms with van der Waals surface area (Å²) in [5, 5.41) is 4.19. The molecule has 0 unspecified atom stereocenters. The highest BCUT2D eigenvalue weighted by Gasteiger charge is 2.48. The third kappa shape index (κ3) is 14.7. The smallest absolute Gasteiger partial charge is 0.192 e. The van der Waals surface area contributed by atoms with Crippen LogP contribution >= 0.6 is 7.26 Å². The van der Waals surface area contributed by atoms with Crippen LogP contribution in [0, 0.1) is 29.6 Å². The first-order valence-corrected chi connectivity index (χ1v) is 27.5. The summed E-state index contributed by atoms with van der Waals surface area (Å²) < 4.78 is 32.2. The average molecular weight is 1010 g/mol. The topological polar surface area (TPSA) is 46.2 Å². The number of allylic oxidation sites excluding steroid dienone is 3. The first-order valence-electron chi connectivity index (χ1n) is 22.6. The second-order valence-electron chi connectivity index (χ2n) is 19.0. The standard InChI is InChI=1S/C55H78O5PSi.HI/c1-15-16-26-42(3)53(59-48-35-33-47(57-12)34-36-48)46(7)54(60-62(13,14)55(8,9)10)44(5)38-41(2)37-43(4)52(58-40-56-11)45(6)39-61(49-27-20-17-21-28-49,50-29-22-18-23-30-50)51-31-24-19-25-32-51;/h15-37,42-46,52-54H,1,38-40H2,2-14H3;1H/q+1;/p-1/b26-16-,41-37-;/t42-,43+,44-,45+,46-,52+,53+,54+;/m0./s1. The van der Waals surface area contributed by atoms with E-state index in [1.807, 2.05) is 36.4 Å². The molecule has 0 N–H and O–H groups in total. The Kier molecular flexibility index (Phi) is 22.1. The highest BCUT2D eigenvalue weighted by molar-refractivity contribution is 7.95. The maximum Gasteiger partial charge on any atom is 0.192 e. The molecule has 0 fully saturated rings. The van der Waals surface area contributed by atoms with Crippen molar-refractivity contribution in [1.29, 1.82) is 0 Å². The molecule has 63 heavy (non-hydrogen) atoms. The summed E-state index contributed by atoms with van der Waals surface area (Å²) >= 11 is 0.